The predicted molar refractivity (Wildman–Crippen MR) is 101 cm³/mol. The molecule has 1 saturated heterocycles. The second-order valence-corrected chi connectivity index (χ2v) is 8.61. The number of aromatic nitrogens is 2. The first kappa shape index (κ1) is 17.6. The van der Waals surface area contributed by atoms with Gasteiger partial charge in [-0.2, -0.15) is 0 Å². The van der Waals surface area contributed by atoms with E-state index in [0.717, 1.165) is 32.4 Å². The van der Waals surface area contributed by atoms with Gasteiger partial charge in [0.2, 0.25) is 11.8 Å². The van der Waals surface area contributed by atoms with Gasteiger partial charge in [0.25, 0.3) is 0 Å². The molecule has 1 aromatic heterocycles. The fourth-order valence-corrected chi connectivity index (χ4v) is 4.43. The minimum absolute atomic E-state index is 0.0442. The molecule has 7 heteroatoms. The van der Waals surface area contributed by atoms with E-state index in [-0.39, 0.29) is 29.6 Å². The zero-order valence-corrected chi connectivity index (χ0v) is 16.0. The van der Waals surface area contributed by atoms with Gasteiger partial charge in [-0.05, 0) is 62.0 Å². The molecule has 2 heterocycles. The van der Waals surface area contributed by atoms with Gasteiger partial charge >= 0.3 is 6.01 Å². The van der Waals surface area contributed by atoms with Crippen LogP contribution in [-0.4, -0.2) is 40.1 Å². The molecule has 0 radical (unpaired) electrons. The molecule has 28 heavy (non-hydrogen) atoms. The fraction of sp³-hybridized carbons (Fsp3) is 0.571. The first-order valence-corrected chi connectivity index (χ1v) is 10.2. The number of anilines is 1. The van der Waals surface area contributed by atoms with E-state index in [9.17, 15) is 9.18 Å². The Hall–Kier alpha value is -2.44. The van der Waals surface area contributed by atoms with E-state index < -0.39 is 6.04 Å². The smallest absolute Gasteiger partial charge is 0.316 e. The van der Waals surface area contributed by atoms with Crippen molar-refractivity contribution in [3.63, 3.8) is 0 Å². The van der Waals surface area contributed by atoms with Gasteiger partial charge in [-0.25, -0.2) is 4.39 Å². The van der Waals surface area contributed by atoms with E-state index in [4.69, 9.17) is 4.42 Å². The second-order valence-electron chi connectivity index (χ2n) is 8.61. The molecule has 3 aliphatic rings. The fourth-order valence-electron chi connectivity index (χ4n) is 4.43. The zero-order chi connectivity index (χ0) is 19.3. The first-order chi connectivity index (χ1) is 13.5. The molecular formula is C21H25FN4O2. The van der Waals surface area contributed by atoms with Crippen LogP contribution in [0.15, 0.2) is 28.7 Å². The number of piperidine rings is 1. The summed E-state index contributed by atoms with van der Waals surface area (Å²) in [5, 5.41) is 11.2. The van der Waals surface area contributed by atoms with Crippen LogP contribution in [0, 0.1) is 11.2 Å². The van der Waals surface area contributed by atoms with Crippen molar-refractivity contribution < 1.29 is 13.6 Å². The highest BCUT2D eigenvalue weighted by atomic mass is 19.1. The summed E-state index contributed by atoms with van der Waals surface area (Å²) in [4.78, 5) is 14.6. The standard InChI is InChI=1S/C21H25FN4O2/c1-13(19(27)26-10-8-21(6-7-21)9-11-26)23-20-25-24-18(28-20)16-12-15(16)14-4-2-3-5-17(14)22/h2-5,13,15-16H,6-12H2,1H3,(H,23,25)/t13-,15-,16-/m0/s1. The van der Waals surface area contributed by atoms with Crippen LogP contribution in [0.3, 0.4) is 0 Å². The topological polar surface area (TPSA) is 71.3 Å². The van der Waals surface area contributed by atoms with Gasteiger partial charge in [0, 0.05) is 19.0 Å². The summed E-state index contributed by atoms with van der Waals surface area (Å²) in [5.41, 5.74) is 1.25. The van der Waals surface area contributed by atoms with Crippen LogP contribution in [0.2, 0.25) is 0 Å². The second kappa shape index (κ2) is 6.57. The van der Waals surface area contributed by atoms with Crippen molar-refractivity contribution >= 4 is 11.9 Å². The number of benzene rings is 1. The monoisotopic (exact) mass is 384 g/mol. The molecule has 1 spiro atoms. The third-order valence-corrected chi connectivity index (χ3v) is 6.66. The summed E-state index contributed by atoms with van der Waals surface area (Å²) in [5.74, 6) is 0.510. The summed E-state index contributed by atoms with van der Waals surface area (Å²) in [6.45, 7) is 3.51. The Morgan fingerprint density at radius 3 is 2.68 bits per heavy atom. The van der Waals surface area contributed by atoms with Crippen molar-refractivity contribution in [2.24, 2.45) is 5.41 Å². The van der Waals surface area contributed by atoms with Crippen LogP contribution >= 0.6 is 0 Å². The Kier molecular flexibility index (Phi) is 4.14. The van der Waals surface area contributed by atoms with E-state index >= 15 is 0 Å². The number of hydrogen-bond acceptors (Lipinski definition) is 5. The van der Waals surface area contributed by atoms with Crippen LogP contribution in [0.25, 0.3) is 0 Å². The summed E-state index contributed by atoms with van der Waals surface area (Å²) >= 11 is 0. The normalized spacial score (nSPS) is 26.1. The average Bonchev–Trinajstić information content (AvgIpc) is 3.61. The number of amides is 1. The van der Waals surface area contributed by atoms with Gasteiger partial charge in [0.15, 0.2) is 0 Å². The van der Waals surface area contributed by atoms with Crippen LogP contribution in [0.1, 0.15) is 62.3 Å². The Morgan fingerprint density at radius 2 is 1.96 bits per heavy atom. The lowest BCUT2D eigenvalue weighted by atomic mass is 9.93. The lowest BCUT2D eigenvalue weighted by Crippen LogP contribution is -2.45. The molecule has 1 N–H and O–H groups in total. The van der Waals surface area contributed by atoms with Crippen molar-refractivity contribution in [2.45, 2.75) is 56.9 Å². The molecule has 2 aliphatic carbocycles. The van der Waals surface area contributed by atoms with E-state index in [1.54, 1.807) is 12.1 Å². The van der Waals surface area contributed by atoms with Crippen LogP contribution < -0.4 is 5.32 Å². The van der Waals surface area contributed by atoms with Gasteiger partial charge < -0.3 is 14.6 Å². The van der Waals surface area contributed by atoms with Gasteiger partial charge in [-0.15, -0.1) is 5.10 Å². The molecule has 5 rings (SSSR count). The van der Waals surface area contributed by atoms with Crippen molar-refractivity contribution in [1.29, 1.82) is 0 Å². The van der Waals surface area contributed by atoms with Crippen molar-refractivity contribution in [1.82, 2.24) is 15.1 Å². The molecule has 1 aliphatic heterocycles. The van der Waals surface area contributed by atoms with Crippen LogP contribution in [-0.2, 0) is 4.79 Å². The number of rotatable bonds is 5. The predicted octanol–water partition coefficient (Wildman–Crippen LogP) is 3.68. The van der Waals surface area contributed by atoms with Crippen LogP contribution in [0.4, 0.5) is 10.4 Å². The molecule has 2 saturated carbocycles. The highest BCUT2D eigenvalue weighted by molar-refractivity contribution is 5.83. The maximum absolute atomic E-state index is 13.9. The van der Waals surface area contributed by atoms with Crippen molar-refractivity contribution in [2.75, 3.05) is 18.4 Å². The quantitative estimate of drug-likeness (QED) is 0.851. The maximum atomic E-state index is 13.9. The summed E-state index contributed by atoms with van der Waals surface area (Å²) in [6, 6.07) is 6.66. The van der Waals surface area contributed by atoms with Crippen LogP contribution in [0.5, 0.6) is 0 Å². The number of halogens is 1. The van der Waals surface area contributed by atoms with Gasteiger partial charge in [-0.3, -0.25) is 4.79 Å². The minimum atomic E-state index is -0.414. The van der Waals surface area contributed by atoms with E-state index in [2.05, 4.69) is 15.5 Å². The third-order valence-electron chi connectivity index (χ3n) is 6.66. The number of likely N-dealkylation sites (tertiary alicyclic amines) is 1. The SMILES string of the molecule is C[C@H](Nc1nnc([C@H]2C[C@H]2c2ccccc2F)o1)C(=O)N1CCC2(CC1)CC2. The molecule has 3 fully saturated rings. The molecular weight excluding hydrogens is 359 g/mol. The molecule has 1 amide bonds. The molecule has 0 bridgehead atoms. The van der Waals surface area contributed by atoms with E-state index in [1.165, 1.54) is 18.9 Å². The number of nitrogens with one attached hydrogen (secondary N) is 1. The molecule has 0 unspecified atom stereocenters. The Morgan fingerprint density at radius 1 is 1.21 bits per heavy atom. The summed E-state index contributed by atoms with van der Waals surface area (Å²) < 4.78 is 19.7. The number of carbonyl (C=O) groups is 1. The molecule has 2 aromatic rings. The van der Waals surface area contributed by atoms with Crippen molar-refractivity contribution in [3.05, 3.63) is 41.5 Å². The third kappa shape index (κ3) is 3.27. The molecule has 1 aromatic carbocycles. The average molecular weight is 384 g/mol. The molecule has 148 valence electrons. The van der Waals surface area contributed by atoms with E-state index in [0.29, 0.717) is 16.9 Å². The number of carbonyl (C=O) groups excluding carboxylic acids is 1. The van der Waals surface area contributed by atoms with Gasteiger partial charge in [-0.1, -0.05) is 23.3 Å². The molecule has 6 nitrogen and oxygen atoms in total. The largest absolute Gasteiger partial charge is 0.408 e. The maximum Gasteiger partial charge on any atom is 0.316 e. The van der Waals surface area contributed by atoms with Gasteiger partial charge in [0.1, 0.15) is 11.9 Å². The summed E-state index contributed by atoms with van der Waals surface area (Å²) in [7, 11) is 0. The Balaban J connectivity index is 1.18. The first-order valence-electron chi connectivity index (χ1n) is 10.2. The lowest BCUT2D eigenvalue weighted by molar-refractivity contribution is -0.133. The lowest BCUT2D eigenvalue weighted by Gasteiger charge is -2.33. The van der Waals surface area contributed by atoms with Gasteiger partial charge in [0.05, 0.1) is 0 Å². The van der Waals surface area contributed by atoms with E-state index in [1.807, 2.05) is 17.9 Å². The Bertz CT molecular complexity index is 884. The zero-order valence-electron chi connectivity index (χ0n) is 16.0. The highest BCUT2D eigenvalue weighted by Gasteiger charge is 2.46. The minimum Gasteiger partial charge on any atom is -0.408 e. The number of hydrogen-bond donors (Lipinski definition) is 1. The van der Waals surface area contributed by atoms with Crippen molar-refractivity contribution in [3.8, 4) is 0 Å². The summed E-state index contributed by atoms with van der Waals surface area (Å²) in [6.07, 6.45) is 5.68. The molecule has 3 atom stereocenters. The Labute approximate surface area is 163 Å². The number of nitrogens with zero attached hydrogens (tertiary/aromatic N) is 3. The highest BCUT2D eigenvalue weighted by Crippen LogP contribution is 2.55.